The molecular formula is C26H34FNO6S2. The molecule has 2 saturated heterocycles. The lowest BCUT2D eigenvalue weighted by Gasteiger charge is -2.37. The number of halogens is 1. The predicted molar refractivity (Wildman–Crippen MR) is 136 cm³/mol. The topological polar surface area (TPSA) is 90.0 Å². The van der Waals surface area contributed by atoms with E-state index in [4.69, 9.17) is 9.47 Å². The van der Waals surface area contributed by atoms with Gasteiger partial charge in [0, 0.05) is 49.6 Å². The van der Waals surface area contributed by atoms with Crippen LogP contribution in [-0.4, -0.2) is 58.5 Å². The molecule has 1 unspecified atom stereocenters. The lowest BCUT2D eigenvalue weighted by atomic mass is 9.95. The summed E-state index contributed by atoms with van der Waals surface area (Å²) in [5.41, 5.74) is 0.987. The van der Waals surface area contributed by atoms with Gasteiger partial charge in [-0.15, -0.1) is 0 Å². The van der Waals surface area contributed by atoms with Crippen LogP contribution in [0.15, 0.2) is 48.5 Å². The molecule has 3 atom stereocenters. The highest BCUT2D eigenvalue weighted by atomic mass is 32.2. The summed E-state index contributed by atoms with van der Waals surface area (Å²) in [6, 6.07) is 13.2. The Hall–Kier alpha value is -2.01. The van der Waals surface area contributed by atoms with Gasteiger partial charge in [-0.25, -0.2) is 21.2 Å². The van der Waals surface area contributed by atoms with Crippen molar-refractivity contribution >= 4 is 19.9 Å². The number of nitrogens with zero attached hydrogens (tertiary/aromatic N) is 1. The molecule has 198 valence electrons. The van der Waals surface area contributed by atoms with Gasteiger partial charge in [0.25, 0.3) is 0 Å². The maximum atomic E-state index is 15.2. The van der Waals surface area contributed by atoms with Crippen molar-refractivity contribution in [3.63, 3.8) is 0 Å². The van der Waals surface area contributed by atoms with Gasteiger partial charge in [-0.05, 0) is 44.2 Å². The van der Waals surface area contributed by atoms with Crippen molar-refractivity contribution < 1.29 is 30.7 Å². The second kappa shape index (κ2) is 11.2. The molecule has 0 saturated carbocycles. The Balaban J connectivity index is 1.52. The maximum absolute atomic E-state index is 15.2. The van der Waals surface area contributed by atoms with E-state index in [1.165, 1.54) is 16.4 Å². The average molecular weight is 540 g/mol. The standard InChI is InChI=1S/C26H34FNO6S2/c1-19-8-11-26(21-6-4-3-5-7-21)36(31,32)28(19)17-22-9-10-23(16-24(22)27)34-25(18-35(2,29)30)20-12-14-33-15-13-20/h3-7,9-10,16,19-20,25-26H,8,11-15,17-18H2,1-2H3/t19-,25?,26+/m0/s1. The number of sulfonamides is 1. The monoisotopic (exact) mass is 539 g/mol. The van der Waals surface area contributed by atoms with Gasteiger partial charge in [-0.2, -0.15) is 4.31 Å². The highest BCUT2D eigenvalue weighted by Gasteiger charge is 2.40. The van der Waals surface area contributed by atoms with E-state index in [-0.39, 0.29) is 35.6 Å². The maximum Gasteiger partial charge on any atom is 0.221 e. The molecule has 10 heteroatoms. The minimum absolute atomic E-state index is 0.00882. The molecule has 0 amide bonds. The van der Waals surface area contributed by atoms with Crippen LogP contribution in [0.3, 0.4) is 0 Å². The van der Waals surface area contributed by atoms with Crippen molar-refractivity contribution in [1.29, 1.82) is 0 Å². The van der Waals surface area contributed by atoms with Gasteiger partial charge in [-0.3, -0.25) is 0 Å². The summed E-state index contributed by atoms with van der Waals surface area (Å²) in [4.78, 5) is 0. The first-order valence-corrected chi connectivity index (χ1v) is 15.9. The quantitative estimate of drug-likeness (QED) is 0.502. The van der Waals surface area contributed by atoms with E-state index in [0.29, 0.717) is 38.9 Å². The molecule has 0 aromatic heterocycles. The molecule has 0 radical (unpaired) electrons. The van der Waals surface area contributed by atoms with E-state index in [0.717, 1.165) is 11.8 Å². The van der Waals surface area contributed by atoms with Crippen LogP contribution < -0.4 is 4.74 Å². The molecule has 7 nitrogen and oxygen atoms in total. The Morgan fingerprint density at radius 3 is 2.42 bits per heavy atom. The van der Waals surface area contributed by atoms with Gasteiger partial charge in [0.05, 0.1) is 5.75 Å². The zero-order chi connectivity index (χ0) is 25.9. The van der Waals surface area contributed by atoms with Crippen LogP contribution in [0.5, 0.6) is 5.75 Å². The van der Waals surface area contributed by atoms with E-state index in [1.807, 2.05) is 37.3 Å². The Bertz CT molecular complexity index is 1250. The lowest BCUT2D eigenvalue weighted by molar-refractivity contribution is 0.0248. The molecule has 36 heavy (non-hydrogen) atoms. The Kier molecular flexibility index (Phi) is 8.38. The molecule has 2 aromatic carbocycles. The number of ether oxygens (including phenoxy) is 2. The molecule has 0 N–H and O–H groups in total. The summed E-state index contributed by atoms with van der Waals surface area (Å²) >= 11 is 0. The summed E-state index contributed by atoms with van der Waals surface area (Å²) in [7, 11) is -7.00. The predicted octanol–water partition coefficient (Wildman–Crippen LogP) is 4.10. The van der Waals surface area contributed by atoms with E-state index in [1.54, 1.807) is 6.07 Å². The van der Waals surface area contributed by atoms with Gasteiger partial charge < -0.3 is 9.47 Å². The van der Waals surface area contributed by atoms with Crippen LogP contribution in [0.1, 0.15) is 49.0 Å². The van der Waals surface area contributed by atoms with Gasteiger partial charge in [0.15, 0.2) is 9.84 Å². The number of hydrogen-bond acceptors (Lipinski definition) is 6. The summed E-state index contributed by atoms with van der Waals surface area (Å²) in [5.74, 6) is -0.522. The minimum Gasteiger partial charge on any atom is -0.489 e. The first-order chi connectivity index (χ1) is 17.0. The van der Waals surface area contributed by atoms with Crippen molar-refractivity contribution in [3.8, 4) is 5.75 Å². The van der Waals surface area contributed by atoms with Crippen molar-refractivity contribution in [2.24, 2.45) is 5.92 Å². The van der Waals surface area contributed by atoms with E-state index in [2.05, 4.69) is 0 Å². The Morgan fingerprint density at radius 1 is 1.08 bits per heavy atom. The van der Waals surface area contributed by atoms with E-state index < -0.39 is 37.0 Å². The summed E-state index contributed by atoms with van der Waals surface area (Å²) in [5, 5.41) is -0.656. The minimum atomic E-state index is -3.69. The zero-order valence-electron chi connectivity index (χ0n) is 20.7. The third kappa shape index (κ3) is 6.45. The number of rotatable bonds is 8. The first kappa shape index (κ1) is 27.0. The number of hydrogen-bond donors (Lipinski definition) is 0. The van der Waals surface area contributed by atoms with E-state index in [9.17, 15) is 16.8 Å². The Labute approximate surface area is 213 Å². The zero-order valence-corrected chi connectivity index (χ0v) is 22.3. The number of benzene rings is 2. The normalized spacial score (nSPS) is 24.3. The highest BCUT2D eigenvalue weighted by Crippen LogP contribution is 2.38. The SMILES string of the molecule is C[C@H]1CC[C@H](c2ccccc2)S(=O)(=O)N1Cc1ccc(OC(CS(C)(=O)=O)C2CCOCC2)cc1F. The Morgan fingerprint density at radius 2 is 1.78 bits per heavy atom. The molecule has 0 bridgehead atoms. The highest BCUT2D eigenvalue weighted by molar-refractivity contribution is 7.90. The second-order valence-corrected chi connectivity index (χ2v) is 14.1. The van der Waals surface area contributed by atoms with Gasteiger partial charge in [0.1, 0.15) is 22.9 Å². The van der Waals surface area contributed by atoms with Crippen LogP contribution in [0.4, 0.5) is 4.39 Å². The largest absolute Gasteiger partial charge is 0.489 e. The molecular weight excluding hydrogens is 505 g/mol. The smallest absolute Gasteiger partial charge is 0.221 e. The van der Waals surface area contributed by atoms with Crippen LogP contribution in [0.2, 0.25) is 0 Å². The summed E-state index contributed by atoms with van der Waals surface area (Å²) < 4.78 is 78.9. The van der Waals surface area contributed by atoms with Crippen LogP contribution in [0, 0.1) is 11.7 Å². The molecule has 2 heterocycles. The van der Waals surface area contributed by atoms with Crippen LogP contribution in [-0.2, 0) is 31.1 Å². The molecule has 2 aliphatic heterocycles. The van der Waals surface area contributed by atoms with Crippen molar-refractivity contribution in [2.75, 3.05) is 25.2 Å². The molecule has 2 fully saturated rings. The molecule has 0 aliphatic carbocycles. The fourth-order valence-electron chi connectivity index (χ4n) is 5.08. The summed E-state index contributed by atoms with van der Waals surface area (Å²) in [6.45, 7) is 2.84. The van der Waals surface area contributed by atoms with Gasteiger partial charge >= 0.3 is 0 Å². The average Bonchev–Trinajstić information content (AvgIpc) is 2.82. The fraction of sp³-hybridized carbons (Fsp3) is 0.538. The first-order valence-electron chi connectivity index (χ1n) is 12.3. The van der Waals surface area contributed by atoms with Crippen LogP contribution in [0.25, 0.3) is 0 Å². The lowest BCUT2D eigenvalue weighted by Crippen LogP contribution is -2.44. The third-order valence-electron chi connectivity index (χ3n) is 7.09. The van der Waals surface area contributed by atoms with E-state index >= 15 is 4.39 Å². The molecule has 2 aliphatic rings. The number of sulfone groups is 1. The van der Waals surface area contributed by atoms with Crippen molar-refractivity contribution in [3.05, 3.63) is 65.5 Å². The second-order valence-electron chi connectivity index (χ2n) is 9.87. The van der Waals surface area contributed by atoms with Crippen molar-refractivity contribution in [2.45, 2.75) is 56.5 Å². The molecule has 4 rings (SSSR count). The van der Waals surface area contributed by atoms with Crippen molar-refractivity contribution in [1.82, 2.24) is 4.31 Å². The summed E-state index contributed by atoms with van der Waals surface area (Å²) in [6.07, 6.45) is 3.10. The molecule has 2 aromatic rings. The third-order valence-corrected chi connectivity index (χ3v) is 10.4. The van der Waals surface area contributed by atoms with Gasteiger partial charge in [-0.1, -0.05) is 36.4 Å². The molecule has 0 spiro atoms. The van der Waals surface area contributed by atoms with Crippen LogP contribution >= 0.6 is 0 Å². The fourth-order valence-corrected chi connectivity index (χ4v) is 8.20. The van der Waals surface area contributed by atoms with Gasteiger partial charge in [0.2, 0.25) is 10.0 Å².